The summed E-state index contributed by atoms with van der Waals surface area (Å²) in [5, 5.41) is 15.8. The van der Waals surface area contributed by atoms with Crippen molar-refractivity contribution in [1.29, 1.82) is 0 Å². The highest BCUT2D eigenvalue weighted by molar-refractivity contribution is 6.27. The van der Waals surface area contributed by atoms with Crippen molar-refractivity contribution in [3.8, 4) is 5.75 Å². The SMILES string of the molecule is Cc1ccc2ccc3c(c2n1)OC(CCN(C)C)CN(C)C3=O.O=C(O)C(=O)O. The molecule has 1 aromatic heterocycles. The van der Waals surface area contributed by atoms with E-state index in [0.29, 0.717) is 17.9 Å². The van der Waals surface area contributed by atoms with Crippen LogP contribution in [0.5, 0.6) is 5.75 Å². The third-order valence-electron chi connectivity index (χ3n) is 4.38. The molecule has 2 aromatic rings. The summed E-state index contributed by atoms with van der Waals surface area (Å²) in [6.45, 7) is 3.46. The van der Waals surface area contributed by atoms with Crippen LogP contribution in [0, 0.1) is 6.92 Å². The van der Waals surface area contributed by atoms with Crippen molar-refractivity contribution in [2.24, 2.45) is 0 Å². The lowest BCUT2D eigenvalue weighted by molar-refractivity contribution is -0.159. The highest BCUT2D eigenvalue weighted by Crippen LogP contribution is 2.33. The Morgan fingerprint density at radius 3 is 2.41 bits per heavy atom. The second kappa shape index (κ2) is 9.33. The van der Waals surface area contributed by atoms with Crippen LogP contribution in [0.25, 0.3) is 10.9 Å². The van der Waals surface area contributed by atoms with E-state index in [-0.39, 0.29) is 12.0 Å². The monoisotopic (exact) mass is 403 g/mol. The average Bonchev–Trinajstić information content (AvgIpc) is 2.77. The number of aryl methyl sites for hydroxylation is 1. The number of fused-ring (bicyclic) bond motifs is 3. The van der Waals surface area contributed by atoms with E-state index in [1.165, 1.54) is 0 Å². The molecule has 0 aliphatic carbocycles. The van der Waals surface area contributed by atoms with Crippen LogP contribution in [0.1, 0.15) is 22.5 Å². The number of carbonyl (C=O) groups excluding carboxylic acids is 1. The molecule has 3 rings (SSSR count). The number of carboxylic acid groups (broad SMARTS) is 2. The van der Waals surface area contributed by atoms with Crippen molar-refractivity contribution in [1.82, 2.24) is 14.8 Å². The molecule has 1 aliphatic heterocycles. The quantitative estimate of drug-likeness (QED) is 0.740. The predicted octanol–water partition coefficient (Wildman–Crippen LogP) is 1.48. The average molecular weight is 403 g/mol. The van der Waals surface area contributed by atoms with Gasteiger partial charge in [0.2, 0.25) is 0 Å². The molecule has 29 heavy (non-hydrogen) atoms. The molecule has 0 saturated carbocycles. The van der Waals surface area contributed by atoms with Crippen LogP contribution in [-0.4, -0.2) is 83.2 Å². The standard InChI is InChI=1S/C18H23N3O2.C2H2O4/c1-12-5-6-13-7-8-15-17(16(13)19-12)23-14(9-10-20(2)3)11-21(4)18(15)22;3-1(4)2(5)6/h5-8,14H,9-11H2,1-4H3;(H,3,4)(H,5,6). The summed E-state index contributed by atoms with van der Waals surface area (Å²) in [4.78, 5) is 39.3. The van der Waals surface area contributed by atoms with Gasteiger partial charge in [-0.25, -0.2) is 14.6 Å². The zero-order valence-electron chi connectivity index (χ0n) is 16.9. The van der Waals surface area contributed by atoms with Crippen LogP contribution in [-0.2, 0) is 9.59 Å². The van der Waals surface area contributed by atoms with Gasteiger partial charge in [0.15, 0.2) is 5.75 Å². The van der Waals surface area contributed by atoms with E-state index in [2.05, 4.69) is 9.88 Å². The summed E-state index contributed by atoms with van der Waals surface area (Å²) in [7, 11) is 5.91. The summed E-state index contributed by atoms with van der Waals surface area (Å²) in [5.74, 6) is -3.02. The molecule has 0 spiro atoms. The lowest BCUT2D eigenvalue weighted by atomic mass is 10.1. The zero-order chi connectivity index (χ0) is 21.7. The van der Waals surface area contributed by atoms with Gasteiger partial charge >= 0.3 is 11.9 Å². The molecule has 1 aliphatic rings. The fraction of sp³-hybridized carbons (Fsp3) is 0.400. The number of ether oxygens (including phenoxy) is 1. The number of benzene rings is 1. The zero-order valence-corrected chi connectivity index (χ0v) is 16.9. The first-order valence-electron chi connectivity index (χ1n) is 9.03. The number of rotatable bonds is 3. The Bertz CT molecular complexity index is 916. The summed E-state index contributed by atoms with van der Waals surface area (Å²) < 4.78 is 6.26. The van der Waals surface area contributed by atoms with Gasteiger partial charge in [-0.2, -0.15) is 0 Å². The molecule has 2 N–H and O–H groups in total. The molecule has 1 unspecified atom stereocenters. The van der Waals surface area contributed by atoms with Crippen molar-refractivity contribution in [3.05, 3.63) is 35.5 Å². The normalized spacial score (nSPS) is 15.8. The Kier molecular flexibility index (Phi) is 7.11. The van der Waals surface area contributed by atoms with Gasteiger partial charge < -0.3 is 24.7 Å². The summed E-state index contributed by atoms with van der Waals surface area (Å²) in [6, 6.07) is 7.79. The maximum atomic E-state index is 12.7. The number of amides is 1. The van der Waals surface area contributed by atoms with Gasteiger partial charge in [0.1, 0.15) is 11.6 Å². The van der Waals surface area contributed by atoms with Gasteiger partial charge in [0, 0.05) is 24.7 Å². The molecule has 156 valence electrons. The molecule has 0 saturated heterocycles. The summed E-state index contributed by atoms with van der Waals surface area (Å²) >= 11 is 0. The molecular formula is C20H25N3O6. The van der Waals surface area contributed by atoms with Gasteiger partial charge in [-0.15, -0.1) is 0 Å². The number of hydrogen-bond donors (Lipinski definition) is 2. The maximum Gasteiger partial charge on any atom is 0.414 e. The van der Waals surface area contributed by atoms with E-state index in [1.54, 1.807) is 4.90 Å². The summed E-state index contributed by atoms with van der Waals surface area (Å²) in [6.07, 6.45) is 0.840. The van der Waals surface area contributed by atoms with Gasteiger partial charge in [0.05, 0.1) is 12.1 Å². The topological polar surface area (TPSA) is 120 Å². The van der Waals surface area contributed by atoms with Crippen molar-refractivity contribution in [2.45, 2.75) is 19.4 Å². The number of aliphatic carboxylic acids is 2. The molecule has 9 nitrogen and oxygen atoms in total. The van der Waals surface area contributed by atoms with Crippen LogP contribution in [0.4, 0.5) is 0 Å². The fourth-order valence-electron chi connectivity index (χ4n) is 2.90. The van der Waals surface area contributed by atoms with E-state index in [9.17, 15) is 4.79 Å². The third-order valence-corrected chi connectivity index (χ3v) is 4.38. The van der Waals surface area contributed by atoms with Crippen molar-refractivity contribution >= 4 is 28.7 Å². The lowest BCUT2D eigenvalue weighted by Crippen LogP contribution is -2.35. The highest BCUT2D eigenvalue weighted by atomic mass is 16.5. The Balaban J connectivity index is 0.000000438. The van der Waals surface area contributed by atoms with Crippen LogP contribution < -0.4 is 4.74 Å². The van der Waals surface area contributed by atoms with Gasteiger partial charge in [-0.3, -0.25) is 4.79 Å². The van der Waals surface area contributed by atoms with E-state index < -0.39 is 11.9 Å². The third kappa shape index (κ3) is 5.64. The number of nitrogens with zero attached hydrogens (tertiary/aromatic N) is 3. The van der Waals surface area contributed by atoms with Gasteiger partial charge in [-0.1, -0.05) is 12.1 Å². The molecule has 1 amide bonds. The number of likely N-dealkylation sites (N-methyl/N-ethyl adjacent to an activating group) is 1. The molecule has 1 aromatic carbocycles. The smallest absolute Gasteiger partial charge is 0.414 e. The number of carbonyl (C=O) groups is 3. The van der Waals surface area contributed by atoms with E-state index >= 15 is 0 Å². The molecule has 1 atom stereocenters. The Morgan fingerprint density at radius 1 is 1.21 bits per heavy atom. The Morgan fingerprint density at radius 2 is 1.83 bits per heavy atom. The molecule has 0 fully saturated rings. The highest BCUT2D eigenvalue weighted by Gasteiger charge is 2.28. The minimum Gasteiger partial charge on any atom is -0.485 e. The Labute approximate surface area is 168 Å². The van der Waals surface area contributed by atoms with Crippen molar-refractivity contribution in [2.75, 3.05) is 34.2 Å². The Hall–Kier alpha value is -3.20. The molecule has 0 bridgehead atoms. The van der Waals surface area contributed by atoms with E-state index in [1.807, 2.05) is 52.3 Å². The summed E-state index contributed by atoms with van der Waals surface area (Å²) in [5.41, 5.74) is 2.30. The molecule has 2 heterocycles. The van der Waals surface area contributed by atoms with E-state index in [0.717, 1.165) is 29.6 Å². The van der Waals surface area contributed by atoms with E-state index in [4.69, 9.17) is 24.5 Å². The first kappa shape index (κ1) is 22.1. The minimum absolute atomic E-state index is 0.00226. The second-order valence-electron chi connectivity index (χ2n) is 7.09. The molecular weight excluding hydrogens is 378 g/mol. The molecule has 0 radical (unpaired) electrons. The van der Waals surface area contributed by atoms with Crippen molar-refractivity contribution in [3.63, 3.8) is 0 Å². The minimum atomic E-state index is -1.82. The number of aromatic nitrogens is 1. The number of carboxylic acids is 2. The van der Waals surface area contributed by atoms with Crippen LogP contribution in [0.2, 0.25) is 0 Å². The van der Waals surface area contributed by atoms with Crippen LogP contribution >= 0.6 is 0 Å². The predicted molar refractivity (Wildman–Crippen MR) is 106 cm³/mol. The first-order chi connectivity index (χ1) is 13.6. The molecule has 9 heteroatoms. The maximum absolute atomic E-state index is 12.7. The fourth-order valence-corrected chi connectivity index (χ4v) is 2.90. The van der Waals surface area contributed by atoms with Crippen LogP contribution in [0.15, 0.2) is 24.3 Å². The van der Waals surface area contributed by atoms with Crippen molar-refractivity contribution < 1.29 is 29.3 Å². The second-order valence-corrected chi connectivity index (χ2v) is 7.09. The largest absolute Gasteiger partial charge is 0.485 e. The lowest BCUT2D eigenvalue weighted by Gasteiger charge is -2.22. The number of hydrogen-bond acceptors (Lipinski definition) is 6. The first-order valence-corrected chi connectivity index (χ1v) is 9.03. The van der Waals surface area contributed by atoms with Crippen LogP contribution in [0.3, 0.4) is 0 Å². The van der Waals surface area contributed by atoms with Gasteiger partial charge in [-0.05, 0) is 39.6 Å². The van der Waals surface area contributed by atoms with Gasteiger partial charge in [0.25, 0.3) is 5.91 Å². The number of pyridine rings is 1.